The van der Waals surface area contributed by atoms with Crippen LogP contribution in [0.3, 0.4) is 0 Å². The van der Waals surface area contributed by atoms with Crippen LogP contribution in [0.25, 0.3) is 0 Å². The molecule has 0 aromatic heterocycles. The summed E-state index contributed by atoms with van der Waals surface area (Å²) in [5.41, 5.74) is 0. The van der Waals surface area contributed by atoms with Gasteiger partial charge in [-0.05, 0) is 37.0 Å². The molecule has 0 N–H and O–H groups in total. The number of ether oxygens (including phenoxy) is 3. The van der Waals surface area contributed by atoms with E-state index in [1.807, 2.05) is 0 Å². The monoisotopic (exact) mass is 877 g/mol. The summed E-state index contributed by atoms with van der Waals surface area (Å²) in [6.07, 6.45) is 48.1. The Labute approximate surface area is 387 Å². The van der Waals surface area contributed by atoms with Crippen molar-refractivity contribution in [1.82, 2.24) is 0 Å². The number of unbranched alkanes of at least 4 members (excludes halogenated alkanes) is 29. The number of carbonyl (C=O) groups excluding carboxylic acids is 3. The average Bonchev–Trinajstić information content (AvgIpc) is 3.27. The third-order valence-electron chi connectivity index (χ3n) is 13.7. The van der Waals surface area contributed by atoms with Gasteiger partial charge < -0.3 is 14.2 Å². The van der Waals surface area contributed by atoms with Crippen LogP contribution in [-0.2, 0) is 28.6 Å². The predicted molar refractivity (Wildman–Crippen MR) is 266 cm³/mol. The van der Waals surface area contributed by atoms with E-state index in [9.17, 15) is 14.4 Å². The normalized spacial score (nSPS) is 13.5. The molecule has 3 unspecified atom stereocenters. The zero-order valence-electron chi connectivity index (χ0n) is 42.7. The van der Waals surface area contributed by atoms with Crippen molar-refractivity contribution in [2.75, 3.05) is 13.2 Å². The standard InChI is InChI=1S/C56H108O6/c1-7-50(4)42-36-30-24-20-18-16-14-12-10-11-13-15-17-19-21-26-33-39-45-54(57)60-48-53(62-56(59)47-41-35-29-28-32-38-44-52(6)9-3)49-61-55(58)46-40-34-27-23-22-25-31-37-43-51(5)8-2/h50-53H,7-49H2,1-6H3/t50?,51?,52?,53-/m1/s1. The summed E-state index contributed by atoms with van der Waals surface area (Å²) in [6, 6.07) is 0. The van der Waals surface area contributed by atoms with E-state index in [1.165, 1.54) is 186 Å². The first kappa shape index (κ1) is 60.4. The second kappa shape index (κ2) is 47.4. The molecule has 6 nitrogen and oxygen atoms in total. The van der Waals surface area contributed by atoms with E-state index >= 15 is 0 Å². The van der Waals surface area contributed by atoms with E-state index in [0.717, 1.165) is 75.5 Å². The molecule has 0 aromatic carbocycles. The lowest BCUT2D eigenvalue weighted by Gasteiger charge is -2.18. The molecule has 0 bridgehead atoms. The number of hydrogen-bond acceptors (Lipinski definition) is 6. The number of hydrogen-bond donors (Lipinski definition) is 0. The zero-order chi connectivity index (χ0) is 45.6. The Balaban J connectivity index is 4.19. The minimum absolute atomic E-state index is 0.0653. The van der Waals surface area contributed by atoms with Crippen molar-refractivity contribution in [3.63, 3.8) is 0 Å². The largest absolute Gasteiger partial charge is 0.462 e. The van der Waals surface area contributed by atoms with Crippen molar-refractivity contribution in [2.45, 2.75) is 311 Å². The highest BCUT2D eigenvalue weighted by molar-refractivity contribution is 5.71. The second-order valence-electron chi connectivity index (χ2n) is 19.9. The van der Waals surface area contributed by atoms with E-state index in [0.29, 0.717) is 19.3 Å². The molecule has 368 valence electrons. The molecule has 0 spiro atoms. The first-order chi connectivity index (χ1) is 30.2. The van der Waals surface area contributed by atoms with Gasteiger partial charge in [-0.25, -0.2) is 0 Å². The van der Waals surface area contributed by atoms with Crippen LogP contribution >= 0.6 is 0 Å². The summed E-state index contributed by atoms with van der Waals surface area (Å²) in [6.45, 7) is 13.8. The molecule has 0 aliphatic rings. The fraction of sp³-hybridized carbons (Fsp3) is 0.946. The molecular formula is C56H108O6. The van der Waals surface area contributed by atoms with Crippen molar-refractivity contribution in [3.8, 4) is 0 Å². The molecular weight excluding hydrogens is 769 g/mol. The Bertz CT molecular complexity index is 966. The van der Waals surface area contributed by atoms with Crippen molar-refractivity contribution in [1.29, 1.82) is 0 Å². The Kier molecular flexibility index (Phi) is 46.2. The minimum atomic E-state index is -0.764. The van der Waals surface area contributed by atoms with Crippen LogP contribution in [0.2, 0.25) is 0 Å². The van der Waals surface area contributed by atoms with Gasteiger partial charge in [0.05, 0.1) is 0 Å². The molecule has 0 aliphatic carbocycles. The SMILES string of the molecule is CCC(C)CCCCCCCCCCCCCCCCCCCCC(=O)OC[C@H](COC(=O)CCCCCCCCCCC(C)CC)OC(=O)CCCCCCCCC(C)CC. The van der Waals surface area contributed by atoms with Gasteiger partial charge in [0.2, 0.25) is 0 Å². The first-order valence-corrected chi connectivity index (χ1v) is 27.7. The molecule has 0 saturated carbocycles. The van der Waals surface area contributed by atoms with Gasteiger partial charge in [-0.1, -0.05) is 266 Å². The van der Waals surface area contributed by atoms with Crippen molar-refractivity contribution in [2.24, 2.45) is 17.8 Å². The van der Waals surface area contributed by atoms with Crippen molar-refractivity contribution >= 4 is 17.9 Å². The Morgan fingerprint density at radius 2 is 0.516 bits per heavy atom. The zero-order valence-corrected chi connectivity index (χ0v) is 42.7. The third-order valence-corrected chi connectivity index (χ3v) is 13.7. The maximum absolute atomic E-state index is 12.8. The summed E-state index contributed by atoms with van der Waals surface area (Å²) in [7, 11) is 0. The van der Waals surface area contributed by atoms with E-state index in [2.05, 4.69) is 41.5 Å². The Hall–Kier alpha value is -1.59. The molecule has 6 heteroatoms. The maximum Gasteiger partial charge on any atom is 0.306 e. The van der Waals surface area contributed by atoms with Crippen molar-refractivity contribution < 1.29 is 28.6 Å². The lowest BCUT2D eigenvalue weighted by atomic mass is 9.99. The predicted octanol–water partition coefficient (Wildman–Crippen LogP) is 17.9. The van der Waals surface area contributed by atoms with Crippen LogP contribution < -0.4 is 0 Å². The van der Waals surface area contributed by atoms with Crippen LogP contribution in [0.4, 0.5) is 0 Å². The lowest BCUT2D eigenvalue weighted by Crippen LogP contribution is -2.30. The second-order valence-corrected chi connectivity index (χ2v) is 19.9. The summed E-state index contributed by atoms with van der Waals surface area (Å²) in [5, 5.41) is 0. The van der Waals surface area contributed by atoms with Crippen LogP contribution in [0.1, 0.15) is 305 Å². The first-order valence-electron chi connectivity index (χ1n) is 27.7. The molecule has 0 rings (SSSR count). The molecule has 0 fully saturated rings. The molecule has 0 aliphatic heterocycles. The van der Waals surface area contributed by atoms with E-state index in [1.54, 1.807) is 0 Å². The van der Waals surface area contributed by atoms with Crippen LogP contribution in [0.5, 0.6) is 0 Å². The van der Waals surface area contributed by atoms with Crippen LogP contribution in [0.15, 0.2) is 0 Å². The minimum Gasteiger partial charge on any atom is -0.462 e. The van der Waals surface area contributed by atoms with Gasteiger partial charge in [0.25, 0.3) is 0 Å². The molecule has 62 heavy (non-hydrogen) atoms. The smallest absolute Gasteiger partial charge is 0.306 e. The third kappa shape index (κ3) is 45.0. The fourth-order valence-corrected chi connectivity index (χ4v) is 8.37. The number of carbonyl (C=O) groups is 3. The Morgan fingerprint density at radius 1 is 0.306 bits per heavy atom. The summed E-state index contributed by atoms with van der Waals surface area (Å²) in [5.74, 6) is 1.71. The maximum atomic E-state index is 12.8. The molecule has 0 heterocycles. The Morgan fingerprint density at radius 3 is 0.758 bits per heavy atom. The van der Waals surface area contributed by atoms with Gasteiger partial charge >= 0.3 is 17.9 Å². The summed E-state index contributed by atoms with van der Waals surface area (Å²) >= 11 is 0. The average molecular weight is 877 g/mol. The molecule has 0 amide bonds. The van der Waals surface area contributed by atoms with Crippen LogP contribution in [0, 0.1) is 17.8 Å². The molecule has 0 aromatic rings. The van der Waals surface area contributed by atoms with Gasteiger partial charge in [-0.2, -0.15) is 0 Å². The van der Waals surface area contributed by atoms with Gasteiger partial charge in [0.1, 0.15) is 13.2 Å². The van der Waals surface area contributed by atoms with E-state index in [4.69, 9.17) is 14.2 Å². The van der Waals surface area contributed by atoms with Gasteiger partial charge in [0.15, 0.2) is 6.10 Å². The molecule has 0 radical (unpaired) electrons. The highest BCUT2D eigenvalue weighted by Crippen LogP contribution is 2.19. The summed E-state index contributed by atoms with van der Waals surface area (Å²) in [4.78, 5) is 38.0. The van der Waals surface area contributed by atoms with E-state index in [-0.39, 0.29) is 31.1 Å². The lowest BCUT2D eigenvalue weighted by molar-refractivity contribution is -0.167. The van der Waals surface area contributed by atoms with Crippen molar-refractivity contribution in [3.05, 3.63) is 0 Å². The number of esters is 3. The van der Waals surface area contributed by atoms with E-state index < -0.39 is 6.10 Å². The fourth-order valence-electron chi connectivity index (χ4n) is 8.37. The van der Waals surface area contributed by atoms with Gasteiger partial charge in [-0.3, -0.25) is 14.4 Å². The topological polar surface area (TPSA) is 78.9 Å². The molecule has 4 atom stereocenters. The highest BCUT2D eigenvalue weighted by atomic mass is 16.6. The van der Waals surface area contributed by atoms with Gasteiger partial charge in [0, 0.05) is 19.3 Å². The van der Waals surface area contributed by atoms with Gasteiger partial charge in [-0.15, -0.1) is 0 Å². The quantitative estimate of drug-likeness (QED) is 0.0344. The number of rotatable bonds is 49. The highest BCUT2D eigenvalue weighted by Gasteiger charge is 2.19. The molecule has 0 saturated heterocycles. The van der Waals surface area contributed by atoms with Crippen LogP contribution in [-0.4, -0.2) is 37.2 Å². The summed E-state index contributed by atoms with van der Waals surface area (Å²) < 4.78 is 16.8.